The lowest BCUT2D eigenvalue weighted by atomic mass is 10.1. The van der Waals surface area contributed by atoms with Crippen LogP contribution in [-0.2, 0) is 0 Å². The number of nitrogen functional groups attached to an aromatic ring is 1. The lowest BCUT2D eigenvalue weighted by Crippen LogP contribution is -2.36. The number of rotatable bonds is 6. The van der Waals surface area contributed by atoms with Gasteiger partial charge in [-0.1, -0.05) is 53.2 Å². The Morgan fingerprint density at radius 3 is 2.62 bits per heavy atom. The summed E-state index contributed by atoms with van der Waals surface area (Å²) < 4.78 is 5.83. The molecule has 2 aromatic carbocycles. The van der Waals surface area contributed by atoms with Crippen LogP contribution in [-0.4, -0.2) is 36.3 Å². The van der Waals surface area contributed by atoms with E-state index in [0.717, 1.165) is 0 Å². The van der Waals surface area contributed by atoms with E-state index in [0.29, 0.717) is 21.8 Å². The van der Waals surface area contributed by atoms with E-state index in [-0.39, 0.29) is 33.8 Å². The van der Waals surface area contributed by atoms with Gasteiger partial charge in [0, 0.05) is 11.1 Å². The number of nitrogens with two attached hydrogens (primary N) is 1. The topological polar surface area (TPSA) is 157 Å². The van der Waals surface area contributed by atoms with Gasteiger partial charge in [-0.25, -0.2) is 4.63 Å². The fourth-order valence-electron chi connectivity index (χ4n) is 2.78. The van der Waals surface area contributed by atoms with Crippen LogP contribution < -0.4 is 16.6 Å². The number of carbonyl (C=O) groups excluding carboxylic acids is 1. The van der Waals surface area contributed by atoms with Crippen LogP contribution >= 0.6 is 23.2 Å². The maximum Gasteiger partial charge on any atom is 0.292 e. The van der Waals surface area contributed by atoms with E-state index < -0.39 is 5.91 Å². The van der Waals surface area contributed by atoms with Crippen molar-refractivity contribution in [1.29, 1.82) is 0 Å². The van der Waals surface area contributed by atoms with Gasteiger partial charge in [-0.15, -0.1) is 5.10 Å². The zero-order chi connectivity index (χ0) is 22.8. The summed E-state index contributed by atoms with van der Waals surface area (Å²) in [6, 6.07) is 11.1. The molecule has 0 atom stereocenters. The van der Waals surface area contributed by atoms with Crippen LogP contribution in [0.5, 0.6) is 5.75 Å². The summed E-state index contributed by atoms with van der Waals surface area (Å²) in [7, 11) is 0. The van der Waals surface area contributed by atoms with Gasteiger partial charge in [0.25, 0.3) is 5.91 Å². The molecule has 32 heavy (non-hydrogen) atoms. The van der Waals surface area contributed by atoms with Gasteiger partial charge in [0.2, 0.25) is 11.6 Å². The predicted octanol–water partition coefficient (Wildman–Crippen LogP) is 2.82. The van der Waals surface area contributed by atoms with E-state index in [1.165, 1.54) is 16.8 Å². The number of nitrogens with one attached hydrogen (secondary N) is 2. The number of hydrogen-bond acceptors (Lipinski definition) is 9. The summed E-state index contributed by atoms with van der Waals surface area (Å²) >= 11 is 12.2. The highest BCUT2D eigenvalue weighted by Gasteiger charge is 2.25. The average molecular weight is 473 g/mol. The minimum absolute atomic E-state index is 0.0368. The number of nitrogens with zero attached hydrogens (tertiary/aromatic N) is 5. The summed E-state index contributed by atoms with van der Waals surface area (Å²) in [5.41, 5.74) is 12.5. The molecule has 0 unspecified atom stereocenters. The Kier molecular flexibility index (Phi) is 5.67. The molecule has 1 amide bonds. The molecule has 4 rings (SSSR count). The molecule has 0 aliphatic carbocycles. The molecule has 0 fully saturated rings. The van der Waals surface area contributed by atoms with Gasteiger partial charge in [0.05, 0.1) is 15.7 Å². The molecule has 0 bridgehead atoms. The van der Waals surface area contributed by atoms with Crippen LogP contribution in [0.1, 0.15) is 16.1 Å². The van der Waals surface area contributed by atoms with Gasteiger partial charge in [0.15, 0.2) is 5.69 Å². The van der Waals surface area contributed by atoms with Crippen LogP contribution in [0.4, 0.5) is 5.82 Å². The van der Waals surface area contributed by atoms with Crippen molar-refractivity contribution < 1.29 is 14.5 Å². The molecule has 162 valence electrons. The van der Waals surface area contributed by atoms with E-state index in [4.69, 9.17) is 28.9 Å². The van der Waals surface area contributed by atoms with Crippen molar-refractivity contribution in [3.63, 3.8) is 0 Å². The number of phenols is 1. The first-order valence-corrected chi connectivity index (χ1v) is 9.65. The maximum absolute atomic E-state index is 12.9. The lowest BCUT2D eigenvalue weighted by molar-refractivity contribution is 0.0938. The Labute approximate surface area is 190 Å². The summed E-state index contributed by atoms with van der Waals surface area (Å²) in [6.45, 7) is 3.83. The molecule has 0 saturated heterocycles. The van der Waals surface area contributed by atoms with Gasteiger partial charge in [-0.3, -0.25) is 15.6 Å². The lowest BCUT2D eigenvalue weighted by Gasteiger charge is -2.12. The number of phenolic OH excluding ortho intramolecular Hbond substituents is 1. The first-order chi connectivity index (χ1) is 15.3. The van der Waals surface area contributed by atoms with Crippen LogP contribution in [0.2, 0.25) is 10.0 Å². The van der Waals surface area contributed by atoms with Gasteiger partial charge in [-0.05, 0) is 34.6 Å². The third-order valence-corrected chi connectivity index (χ3v) is 5.04. The number of hydrazine groups is 1. The molecular weight excluding hydrogens is 459 g/mol. The molecule has 0 aliphatic heterocycles. The van der Waals surface area contributed by atoms with Gasteiger partial charge in [0.1, 0.15) is 11.4 Å². The molecular formula is C19H14Cl2N8O3. The minimum atomic E-state index is -0.645. The molecule has 11 nitrogen and oxygen atoms in total. The molecule has 0 saturated carbocycles. The van der Waals surface area contributed by atoms with Gasteiger partial charge < -0.3 is 10.8 Å². The summed E-state index contributed by atoms with van der Waals surface area (Å²) in [5.74, 6) is -0.609. The fraction of sp³-hybridized carbons (Fsp3) is 0. The van der Waals surface area contributed by atoms with Gasteiger partial charge in [-0.2, -0.15) is 4.68 Å². The number of hydrogen-bond donors (Lipinski definition) is 4. The molecule has 2 aromatic heterocycles. The quantitative estimate of drug-likeness (QED) is 0.309. The monoisotopic (exact) mass is 472 g/mol. The zero-order valence-electron chi connectivity index (χ0n) is 16.1. The number of aromatic hydroxyl groups is 1. The molecule has 4 aromatic rings. The van der Waals surface area contributed by atoms with Crippen molar-refractivity contribution in [3.8, 4) is 22.8 Å². The molecule has 0 spiro atoms. The third kappa shape index (κ3) is 4.06. The SMILES string of the molecule is C=C(NNC(=O)c1nnn(-c2nonc2N)c1-c1ccc(Cl)c(Cl)c1)c1cccc(O)c1. The molecule has 2 heterocycles. The molecule has 13 heteroatoms. The van der Waals surface area contributed by atoms with Crippen molar-refractivity contribution in [2.45, 2.75) is 0 Å². The number of halogens is 2. The van der Waals surface area contributed by atoms with E-state index in [1.54, 1.807) is 30.3 Å². The first kappa shape index (κ1) is 21.2. The van der Waals surface area contributed by atoms with Crippen molar-refractivity contribution in [2.24, 2.45) is 0 Å². The second-order valence-electron chi connectivity index (χ2n) is 6.41. The Morgan fingerprint density at radius 1 is 1.12 bits per heavy atom. The molecule has 0 radical (unpaired) electrons. The van der Waals surface area contributed by atoms with E-state index in [9.17, 15) is 9.90 Å². The number of anilines is 1. The standard InChI is InChI=1S/C19H14Cl2N8O3/c1-9(10-3-2-4-12(30)7-10)23-25-19(31)15-16(11-5-6-13(20)14(21)8-11)29(28-24-15)18-17(22)26-32-27-18/h2-8,23,30H,1H2,(H2,22,26)(H,25,31). The normalized spacial score (nSPS) is 10.7. The van der Waals surface area contributed by atoms with Crippen molar-refractivity contribution in [2.75, 3.05) is 5.73 Å². The number of carbonyl (C=O) groups is 1. The first-order valence-electron chi connectivity index (χ1n) is 8.89. The van der Waals surface area contributed by atoms with Crippen LogP contribution in [0.25, 0.3) is 22.8 Å². The summed E-state index contributed by atoms with van der Waals surface area (Å²) in [4.78, 5) is 12.9. The Bertz CT molecular complexity index is 1330. The third-order valence-electron chi connectivity index (χ3n) is 4.30. The summed E-state index contributed by atoms with van der Waals surface area (Å²) in [5, 5.41) is 25.4. The zero-order valence-corrected chi connectivity index (χ0v) is 17.6. The van der Waals surface area contributed by atoms with Crippen molar-refractivity contribution in [3.05, 3.63) is 70.3 Å². The average Bonchev–Trinajstić information content (AvgIpc) is 3.39. The number of aromatic nitrogens is 5. The van der Waals surface area contributed by atoms with Gasteiger partial charge >= 0.3 is 0 Å². The van der Waals surface area contributed by atoms with E-state index >= 15 is 0 Å². The molecule has 5 N–H and O–H groups in total. The highest BCUT2D eigenvalue weighted by molar-refractivity contribution is 6.42. The largest absolute Gasteiger partial charge is 0.508 e. The van der Waals surface area contributed by atoms with Crippen LogP contribution in [0.3, 0.4) is 0 Å². The van der Waals surface area contributed by atoms with Crippen molar-refractivity contribution >= 4 is 40.6 Å². The van der Waals surface area contributed by atoms with Crippen LogP contribution in [0, 0.1) is 0 Å². The Hall–Kier alpha value is -4.09. The second-order valence-corrected chi connectivity index (χ2v) is 7.22. The van der Waals surface area contributed by atoms with Crippen molar-refractivity contribution in [1.82, 2.24) is 36.2 Å². The minimum Gasteiger partial charge on any atom is -0.508 e. The summed E-state index contributed by atoms with van der Waals surface area (Å²) in [6.07, 6.45) is 0. The fourth-order valence-corrected chi connectivity index (χ4v) is 3.08. The maximum atomic E-state index is 12.9. The predicted molar refractivity (Wildman–Crippen MR) is 117 cm³/mol. The van der Waals surface area contributed by atoms with Crippen LogP contribution in [0.15, 0.2) is 53.7 Å². The van der Waals surface area contributed by atoms with E-state index in [2.05, 4.69) is 42.7 Å². The molecule has 0 aliphatic rings. The highest BCUT2D eigenvalue weighted by Crippen LogP contribution is 2.31. The Balaban J connectivity index is 1.68. The second kappa shape index (κ2) is 8.57. The highest BCUT2D eigenvalue weighted by atomic mass is 35.5. The number of benzene rings is 2. The Morgan fingerprint density at radius 2 is 1.94 bits per heavy atom. The smallest absolute Gasteiger partial charge is 0.292 e. The number of amides is 1. The van der Waals surface area contributed by atoms with E-state index in [1.807, 2.05) is 0 Å².